The molecule has 3 aromatic rings. The number of halogens is 3. The lowest BCUT2D eigenvalue weighted by Crippen LogP contribution is -2.28. The number of rotatable bonds is 6. The average Bonchev–Trinajstić information content (AvgIpc) is 3.10. The maximum atomic E-state index is 13.4. The minimum Gasteiger partial charge on any atom is -0.482 e. The van der Waals surface area contributed by atoms with E-state index >= 15 is 0 Å². The van der Waals surface area contributed by atoms with Crippen LogP contribution in [0.25, 0.3) is 6.08 Å². The number of carbonyl (C=O) groups excluding carboxylic acids is 2. The molecule has 34 heavy (non-hydrogen) atoms. The summed E-state index contributed by atoms with van der Waals surface area (Å²) in [4.78, 5) is 30.9. The Balaban J connectivity index is 1.68. The zero-order valence-corrected chi connectivity index (χ0v) is 20.5. The second-order valence-electron chi connectivity index (χ2n) is 7.04. The van der Waals surface area contributed by atoms with Gasteiger partial charge in [-0.25, -0.2) is 4.99 Å². The van der Waals surface area contributed by atoms with Crippen LogP contribution < -0.4 is 15.4 Å². The van der Waals surface area contributed by atoms with Gasteiger partial charge in [0.15, 0.2) is 11.8 Å². The van der Waals surface area contributed by atoms with E-state index in [1.165, 1.54) is 16.7 Å². The zero-order chi connectivity index (χ0) is 24.2. The van der Waals surface area contributed by atoms with Crippen molar-refractivity contribution in [1.29, 1.82) is 0 Å². The number of hydrogen-bond acceptors (Lipinski definition) is 5. The maximum absolute atomic E-state index is 13.4. The molecule has 1 aliphatic rings. The largest absolute Gasteiger partial charge is 0.482 e. The molecule has 0 saturated carbocycles. The van der Waals surface area contributed by atoms with Gasteiger partial charge in [0.25, 0.3) is 11.8 Å². The van der Waals surface area contributed by atoms with Crippen molar-refractivity contribution in [3.8, 4) is 5.75 Å². The van der Waals surface area contributed by atoms with Crippen LogP contribution >= 0.6 is 46.6 Å². The molecular formula is C24H16Cl3N3O3S. The highest BCUT2D eigenvalue weighted by atomic mass is 35.5. The van der Waals surface area contributed by atoms with Gasteiger partial charge < -0.3 is 10.5 Å². The highest BCUT2D eigenvalue weighted by Crippen LogP contribution is 2.38. The summed E-state index contributed by atoms with van der Waals surface area (Å²) in [6, 6.07) is 18.9. The Morgan fingerprint density at radius 1 is 1.00 bits per heavy atom. The Morgan fingerprint density at radius 2 is 1.65 bits per heavy atom. The Kier molecular flexibility index (Phi) is 7.48. The molecule has 0 unspecified atom stereocenters. The molecule has 0 spiro atoms. The Labute approximate surface area is 215 Å². The summed E-state index contributed by atoms with van der Waals surface area (Å²) in [5.41, 5.74) is 7.06. The molecule has 0 aromatic heterocycles. The van der Waals surface area contributed by atoms with Crippen LogP contribution in [0.2, 0.25) is 15.1 Å². The smallest absolute Gasteiger partial charge is 0.271 e. The van der Waals surface area contributed by atoms with E-state index in [9.17, 15) is 9.59 Å². The lowest BCUT2D eigenvalue weighted by atomic mass is 10.2. The lowest BCUT2D eigenvalue weighted by Gasteiger charge is -2.15. The number of amidine groups is 1. The van der Waals surface area contributed by atoms with Crippen LogP contribution in [0.5, 0.6) is 5.75 Å². The molecule has 4 rings (SSSR count). The fourth-order valence-corrected chi connectivity index (χ4v) is 4.51. The van der Waals surface area contributed by atoms with Crippen LogP contribution in [0, 0.1) is 0 Å². The van der Waals surface area contributed by atoms with Gasteiger partial charge in [0.05, 0.1) is 21.3 Å². The van der Waals surface area contributed by atoms with Gasteiger partial charge in [0.2, 0.25) is 0 Å². The maximum Gasteiger partial charge on any atom is 0.271 e. The van der Waals surface area contributed by atoms with Crippen LogP contribution in [0.4, 0.5) is 11.4 Å². The van der Waals surface area contributed by atoms with Gasteiger partial charge in [-0.1, -0.05) is 40.9 Å². The van der Waals surface area contributed by atoms with Gasteiger partial charge >= 0.3 is 0 Å². The van der Waals surface area contributed by atoms with E-state index in [4.69, 9.17) is 45.3 Å². The zero-order valence-electron chi connectivity index (χ0n) is 17.4. The number of hydrogen-bond donors (Lipinski definition) is 1. The molecule has 172 valence electrons. The van der Waals surface area contributed by atoms with Crippen molar-refractivity contribution in [2.24, 2.45) is 10.7 Å². The number of aliphatic imine (C=N–C) groups is 1. The fraction of sp³-hybridized carbons (Fsp3) is 0.0417. The number of thioether (sulfide) groups is 1. The molecule has 0 aliphatic carbocycles. The topological polar surface area (TPSA) is 85.0 Å². The van der Waals surface area contributed by atoms with E-state index in [2.05, 4.69) is 4.99 Å². The third-order valence-corrected chi connectivity index (χ3v) is 6.33. The Morgan fingerprint density at radius 3 is 2.26 bits per heavy atom. The van der Waals surface area contributed by atoms with E-state index in [0.29, 0.717) is 42.8 Å². The molecule has 6 nitrogen and oxygen atoms in total. The standard InChI is InChI=1S/C24H16Cl3N3O3S/c25-15-2-6-17(7-3-15)29-24-30(18-8-4-16(26)5-9-18)23(32)21(34-24)12-14-1-10-20(19(27)11-14)33-13-22(28)31/h1-12H,13H2,(H2,28,31)/b21-12-,29-24?. The molecule has 0 atom stereocenters. The minimum absolute atomic E-state index is 0.245. The van der Waals surface area contributed by atoms with Crippen molar-refractivity contribution >= 4 is 81.0 Å². The van der Waals surface area contributed by atoms with Crippen LogP contribution in [0.1, 0.15) is 5.56 Å². The molecule has 10 heteroatoms. The summed E-state index contributed by atoms with van der Waals surface area (Å²) in [5.74, 6) is -0.531. The SMILES string of the molecule is NC(=O)COc1ccc(/C=C2\SC(=Nc3ccc(Cl)cc3)N(c3ccc(Cl)cc3)C2=O)cc1Cl. The molecule has 0 radical (unpaired) electrons. The molecule has 1 fully saturated rings. The van der Waals surface area contributed by atoms with Gasteiger partial charge in [-0.05, 0) is 84.1 Å². The quantitative estimate of drug-likeness (QED) is 0.377. The minimum atomic E-state index is -0.606. The van der Waals surface area contributed by atoms with Crippen molar-refractivity contribution < 1.29 is 14.3 Å². The number of ether oxygens (including phenoxy) is 1. The number of primary amides is 1. The summed E-state index contributed by atoms with van der Waals surface area (Å²) < 4.78 is 5.27. The fourth-order valence-electron chi connectivity index (χ4n) is 3.02. The second-order valence-corrected chi connectivity index (χ2v) is 9.33. The molecule has 1 aliphatic heterocycles. The van der Waals surface area contributed by atoms with Gasteiger partial charge in [0.1, 0.15) is 5.75 Å². The summed E-state index contributed by atoms with van der Waals surface area (Å²) in [7, 11) is 0. The molecule has 2 amide bonds. The molecule has 2 N–H and O–H groups in total. The number of amides is 2. The number of carbonyl (C=O) groups is 2. The van der Waals surface area contributed by atoms with Gasteiger partial charge in [-0.3, -0.25) is 14.5 Å². The van der Waals surface area contributed by atoms with E-state index in [0.717, 1.165) is 0 Å². The summed E-state index contributed by atoms with van der Waals surface area (Å²) in [6.07, 6.45) is 1.71. The van der Waals surface area contributed by atoms with Gasteiger partial charge in [0, 0.05) is 10.0 Å². The van der Waals surface area contributed by atoms with Crippen LogP contribution in [0.3, 0.4) is 0 Å². The number of nitrogens with two attached hydrogens (primary N) is 1. The van der Waals surface area contributed by atoms with Crippen molar-refractivity contribution in [3.05, 3.63) is 92.3 Å². The van der Waals surface area contributed by atoms with E-state index < -0.39 is 5.91 Å². The highest BCUT2D eigenvalue weighted by Gasteiger charge is 2.34. The summed E-state index contributed by atoms with van der Waals surface area (Å²) in [5, 5.41) is 1.92. The predicted molar refractivity (Wildman–Crippen MR) is 139 cm³/mol. The molecule has 1 heterocycles. The van der Waals surface area contributed by atoms with Gasteiger partial charge in [-0.15, -0.1) is 0 Å². The first kappa shape index (κ1) is 24.2. The number of nitrogens with zero attached hydrogens (tertiary/aromatic N) is 2. The first-order valence-electron chi connectivity index (χ1n) is 9.84. The van der Waals surface area contributed by atoms with E-state index in [-0.39, 0.29) is 17.5 Å². The lowest BCUT2D eigenvalue weighted by molar-refractivity contribution is -0.120. The first-order chi connectivity index (χ1) is 16.3. The predicted octanol–water partition coefficient (Wildman–Crippen LogP) is 6.32. The Bertz CT molecular complexity index is 1310. The molecule has 3 aromatic carbocycles. The highest BCUT2D eigenvalue weighted by molar-refractivity contribution is 8.19. The summed E-state index contributed by atoms with van der Waals surface area (Å²) >= 11 is 19.5. The third kappa shape index (κ3) is 5.74. The molecular weight excluding hydrogens is 517 g/mol. The van der Waals surface area contributed by atoms with Crippen LogP contribution in [-0.4, -0.2) is 23.6 Å². The normalized spacial score (nSPS) is 15.9. The monoisotopic (exact) mass is 531 g/mol. The van der Waals surface area contributed by atoms with Crippen molar-refractivity contribution in [1.82, 2.24) is 0 Å². The van der Waals surface area contributed by atoms with Crippen LogP contribution in [0.15, 0.2) is 76.6 Å². The van der Waals surface area contributed by atoms with Crippen molar-refractivity contribution in [2.45, 2.75) is 0 Å². The van der Waals surface area contributed by atoms with Crippen molar-refractivity contribution in [3.63, 3.8) is 0 Å². The number of benzene rings is 3. The Hall–Kier alpha value is -2.97. The van der Waals surface area contributed by atoms with E-state index in [1.54, 1.807) is 72.8 Å². The van der Waals surface area contributed by atoms with E-state index in [1.807, 2.05) is 0 Å². The third-order valence-electron chi connectivity index (χ3n) is 4.57. The first-order valence-corrected chi connectivity index (χ1v) is 11.8. The van der Waals surface area contributed by atoms with Gasteiger partial charge in [-0.2, -0.15) is 0 Å². The number of anilines is 1. The van der Waals surface area contributed by atoms with Crippen LogP contribution in [-0.2, 0) is 9.59 Å². The summed E-state index contributed by atoms with van der Waals surface area (Å²) in [6.45, 7) is -0.283. The van der Waals surface area contributed by atoms with Crippen molar-refractivity contribution in [2.75, 3.05) is 11.5 Å². The average molecular weight is 533 g/mol. The second kappa shape index (κ2) is 10.5. The molecule has 0 bridgehead atoms. The molecule has 1 saturated heterocycles.